The Morgan fingerprint density at radius 2 is 2.04 bits per heavy atom. The second-order valence-corrected chi connectivity index (χ2v) is 6.63. The fourth-order valence-corrected chi connectivity index (χ4v) is 3.05. The van der Waals surface area contributed by atoms with Crippen molar-refractivity contribution >= 4 is 11.5 Å². The van der Waals surface area contributed by atoms with Crippen LogP contribution < -0.4 is 5.73 Å². The Kier molecular flexibility index (Phi) is 6.73. The molecule has 2 unspecified atom stereocenters. The molecule has 0 aromatic heterocycles. The molecule has 1 fully saturated rings. The van der Waals surface area contributed by atoms with Crippen molar-refractivity contribution < 1.29 is 9.90 Å². The number of nitrogens with two attached hydrogens (primary N) is 1. The first-order chi connectivity index (χ1) is 11.5. The van der Waals surface area contributed by atoms with E-state index in [0.717, 1.165) is 18.4 Å². The number of allylic oxidation sites excluding steroid dienone is 2. The number of Topliss-reactive ketones (excluding diaryl/α,β-unsaturated/α-hetero) is 1. The molecule has 3 N–H and O–H groups in total. The van der Waals surface area contributed by atoms with Crippen LogP contribution in [-0.4, -0.2) is 29.2 Å². The minimum atomic E-state index is -0.0660. The maximum absolute atomic E-state index is 12.7. The first-order valence-electron chi connectivity index (χ1n) is 8.82. The number of aliphatic hydroxyl groups is 1. The standard InChI is InChI=1S/C20H28N2O2/c1-3-4-10-18(23)20-17(22-13-14(2)21)11-16(12-19(20)24)15-8-6-5-7-9-15/h5-9,14,16,23H,3-4,10-13,21H2,1-2H3/b20-18+,22-17?. The molecule has 0 amide bonds. The van der Waals surface area contributed by atoms with Gasteiger partial charge in [-0.15, -0.1) is 0 Å². The number of aliphatic hydroxyl groups excluding tert-OH is 1. The van der Waals surface area contributed by atoms with Gasteiger partial charge in [0.1, 0.15) is 5.76 Å². The summed E-state index contributed by atoms with van der Waals surface area (Å²) in [5.41, 5.74) is 8.12. The molecule has 24 heavy (non-hydrogen) atoms. The molecule has 1 aromatic carbocycles. The normalized spacial score (nSPS) is 23.4. The summed E-state index contributed by atoms with van der Waals surface area (Å²) in [6.45, 7) is 4.43. The van der Waals surface area contributed by atoms with Crippen LogP contribution in [-0.2, 0) is 4.79 Å². The third-order valence-electron chi connectivity index (χ3n) is 4.34. The second kappa shape index (κ2) is 8.78. The first-order valence-corrected chi connectivity index (χ1v) is 8.82. The molecule has 1 aliphatic rings. The zero-order valence-corrected chi connectivity index (χ0v) is 14.7. The number of carbonyl (C=O) groups is 1. The summed E-state index contributed by atoms with van der Waals surface area (Å²) in [4.78, 5) is 17.3. The number of unbranched alkanes of at least 4 members (excludes halogenated alkanes) is 1. The molecule has 4 heteroatoms. The lowest BCUT2D eigenvalue weighted by Gasteiger charge is -2.26. The highest BCUT2D eigenvalue weighted by Crippen LogP contribution is 2.33. The number of hydrogen-bond donors (Lipinski definition) is 2. The smallest absolute Gasteiger partial charge is 0.168 e. The van der Waals surface area contributed by atoms with Crippen LogP contribution in [0.15, 0.2) is 46.7 Å². The van der Waals surface area contributed by atoms with Crippen LogP contribution >= 0.6 is 0 Å². The van der Waals surface area contributed by atoms with Gasteiger partial charge in [-0.3, -0.25) is 9.79 Å². The summed E-state index contributed by atoms with van der Waals surface area (Å²) in [6, 6.07) is 9.98. The van der Waals surface area contributed by atoms with E-state index in [4.69, 9.17) is 5.73 Å². The second-order valence-electron chi connectivity index (χ2n) is 6.63. The van der Waals surface area contributed by atoms with E-state index in [2.05, 4.69) is 11.9 Å². The quantitative estimate of drug-likeness (QED) is 0.614. The van der Waals surface area contributed by atoms with Crippen LogP contribution in [0.3, 0.4) is 0 Å². The Bertz CT molecular complexity index is 618. The van der Waals surface area contributed by atoms with E-state index in [1.54, 1.807) is 0 Å². The van der Waals surface area contributed by atoms with E-state index < -0.39 is 0 Å². The molecule has 0 heterocycles. The Morgan fingerprint density at radius 1 is 1.33 bits per heavy atom. The molecule has 2 rings (SSSR count). The fourth-order valence-electron chi connectivity index (χ4n) is 3.05. The lowest BCUT2D eigenvalue weighted by atomic mass is 9.78. The number of nitrogens with zero attached hydrogens (tertiary/aromatic N) is 1. The van der Waals surface area contributed by atoms with Crippen LogP contribution in [0, 0.1) is 0 Å². The van der Waals surface area contributed by atoms with Crippen molar-refractivity contribution in [3.63, 3.8) is 0 Å². The monoisotopic (exact) mass is 328 g/mol. The Morgan fingerprint density at radius 3 is 2.67 bits per heavy atom. The third-order valence-corrected chi connectivity index (χ3v) is 4.34. The summed E-state index contributed by atoms with van der Waals surface area (Å²) in [6.07, 6.45) is 3.47. The zero-order chi connectivity index (χ0) is 17.5. The predicted molar refractivity (Wildman–Crippen MR) is 98.6 cm³/mol. The largest absolute Gasteiger partial charge is 0.511 e. The topological polar surface area (TPSA) is 75.7 Å². The zero-order valence-electron chi connectivity index (χ0n) is 14.7. The van der Waals surface area contributed by atoms with E-state index in [1.165, 1.54) is 0 Å². The maximum Gasteiger partial charge on any atom is 0.168 e. The Labute approximate surface area is 144 Å². The average Bonchev–Trinajstić information content (AvgIpc) is 2.58. The Hall–Kier alpha value is -1.94. The summed E-state index contributed by atoms with van der Waals surface area (Å²) >= 11 is 0. The molecule has 2 atom stereocenters. The van der Waals surface area contributed by atoms with Crippen LogP contribution in [0.1, 0.15) is 57.4 Å². The van der Waals surface area contributed by atoms with Gasteiger partial charge in [-0.25, -0.2) is 0 Å². The molecule has 0 bridgehead atoms. The van der Waals surface area contributed by atoms with Crippen LogP contribution in [0.25, 0.3) is 0 Å². The van der Waals surface area contributed by atoms with Gasteiger partial charge in [0.15, 0.2) is 5.78 Å². The molecule has 4 nitrogen and oxygen atoms in total. The van der Waals surface area contributed by atoms with E-state index in [1.807, 2.05) is 37.3 Å². The van der Waals surface area contributed by atoms with Crippen LogP contribution in [0.5, 0.6) is 0 Å². The number of carbonyl (C=O) groups excluding carboxylic acids is 1. The lowest BCUT2D eigenvalue weighted by molar-refractivity contribution is -0.116. The number of aliphatic imine (C=N–C) groups is 1. The van der Waals surface area contributed by atoms with E-state index in [9.17, 15) is 9.90 Å². The van der Waals surface area contributed by atoms with Crippen LogP contribution in [0.4, 0.5) is 0 Å². The lowest BCUT2D eigenvalue weighted by Crippen LogP contribution is -2.28. The van der Waals surface area contributed by atoms with Gasteiger partial charge in [-0.05, 0) is 31.2 Å². The van der Waals surface area contributed by atoms with Gasteiger partial charge in [0, 0.05) is 24.6 Å². The third kappa shape index (κ3) is 4.78. The molecule has 0 aliphatic heterocycles. The average molecular weight is 328 g/mol. The van der Waals surface area contributed by atoms with Gasteiger partial charge >= 0.3 is 0 Å². The van der Waals surface area contributed by atoms with Crippen molar-refractivity contribution in [2.75, 3.05) is 6.54 Å². The van der Waals surface area contributed by atoms with Crippen molar-refractivity contribution in [3.05, 3.63) is 47.2 Å². The van der Waals surface area contributed by atoms with E-state index >= 15 is 0 Å². The van der Waals surface area contributed by atoms with E-state index in [0.29, 0.717) is 37.1 Å². The van der Waals surface area contributed by atoms with E-state index in [-0.39, 0.29) is 23.5 Å². The highest BCUT2D eigenvalue weighted by atomic mass is 16.3. The number of benzene rings is 1. The molecule has 1 saturated carbocycles. The van der Waals surface area contributed by atoms with Crippen molar-refractivity contribution in [2.45, 2.75) is 57.9 Å². The SMILES string of the molecule is CCCC/C(O)=C1\C(=O)CC(c2ccccc2)CC1=NCC(C)N. The highest BCUT2D eigenvalue weighted by molar-refractivity contribution is 6.24. The van der Waals surface area contributed by atoms with Crippen molar-refractivity contribution in [2.24, 2.45) is 10.7 Å². The first kappa shape index (κ1) is 18.4. The summed E-state index contributed by atoms with van der Waals surface area (Å²) in [7, 11) is 0. The van der Waals surface area contributed by atoms with Gasteiger partial charge in [0.25, 0.3) is 0 Å². The fraction of sp³-hybridized carbons (Fsp3) is 0.500. The van der Waals surface area contributed by atoms with Gasteiger partial charge in [0.2, 0.25) is 0 Å². The minimum Gasteiger partial charge on any atom is -0.511 e. The van der Waals surface area contributed by atoms with Crippen LogP contribution in [0.2, 0.25) is 0 Å². The van der Waals surface area contributed by atoms with Crippen molar-refractivity contribution in [1.29, 1.82) is 0 Å². The summed E-state index contributed by atoms with van der Waals surface area (Å²) in [5, 5.41) is 10.4. The number of rotatable bonds is 6. The molecule has 1 aliphatic carbocycles. The van der Waals surface area contributed by atoms with Gasteiger partial charge in [-0.1, -0.05) is 43.7 Å². The highest BCUT2D eigenvalue weighted by Gasteiger charge is 2.32. The van der Waals surface area contributed by atoms with Gasteiger partial charge < -0.3 is 10.8 Å². The van der Waals surface area contributed by atoms with Crippen molar-refractivity contribution in [1.82, 2.24) is 0 Å². The van der Waals surface area contributed by atoms with Gasteiger partial charge in [0.05, 0.1) is 12.1 Å². The van der Waals surface area contributed by atoms with Gasteiger partial charge in [-0.2, -0.15) is 0 Å². The summed E-state index contributed by atoms with van der Waals surface area (Å²) < 4.78 is 0. The predicted octanol–water partition coefficient (Wildman–Crippen LogP) is 3.92. The van der Waals surface area contributed by atoms with Crippen molar-refractivity contribution in [3.8, 4) is 0 Å². The molecular formula is C20H28N2O2. The number of ketones is 1. The molecule has 0 spiro atoms. The molecule has 130 valence electrons. The molecule has 0 saturated heterocycles. The summed E-state index contributed by atoms with van der Waals surface area (Å²) in [5.74, 6) is 0.303. The molecule has 1 aromatic rings. The molecular weight excluding hydrogens is 300 g/mol. The Balaban J connectivity index is 2.32. The number of hydrogen-bond acceptors (Lipinski definition) is 4. The minimum absolute atomic E-state index is 0.00729. The molecule has 0 radical (unpaired) electrons. The maximum atomic E-state index is 12.7.